The number of nitrogens with one attached hydrogen (secondary N) is 1. The van der Waals surface area contributed by atoms with Crippen molar-refractivity contribution < 1.29 is 0 Å². The Labute approximate surface area is 121 Å². The molecule has 0 spiro atoms. The summed E-state index contributed by atoms with van der Waals surface area (Å²) in [5.41, 5.74) is 3.39. The molecule has 0 bridgehead atoms. The van der Waals surface area contributed by atoms with Crippen LogP contribution < -0.4 is 5.32 Å². The van der Waals surface area contributed by atoms with Gasteiger partial charge in [0.15, 0.2) is 0 Å². The van der Waals surface area contributed by atoms with Crippen LogP contribution in [0.25, 0.3) is 0 Å². The van der Waals surface area contributed by atoms with Crippen molar-refractivity contribution in [1.82, 2.24) is 24.9 Å². The first kappa shape index (κ1) is 12.9. The molecule has 1 fully saturated rings. The molecule has 19 heavy (non-hydrogen) atoms. The molecule has 0 unspecified atom stereocenters. The second-order valence-corrected chi connectivity index (χ2v) is 5.96. The van der Waals surface area contributed by atoms with E-state index < -0.39 is 0 Å². The molecule has 1 aliphatic carbocycles. The van der Waals surface area contributed by atoms with Crippen molar-refractivity contribution in [2.75, 3.05) is 0 Å². The molecule has 3 rings (SSSR count). The maximum absolute atomic E-state index is 4.42. The molecule has 1 saturated carbocycles. The maximum atomic E-state index is 4.42. The number of rotatable bonds is 5. The second kappa shape index (κ2) is 5.09. The Morgan fingerprint density at radius 2 is 2.26 bits per heavy atom. The highest BCUT2D eigenvalue weighted by molar-refractivity contribution is 9.10. The second-order valence-electron chi connectivity index (χ2n) is 5.17. The average Bonchev–Trinajstić information content (AvgIpc) is 3.06. The van der Waals surface area contributed by atoms with Crippen LogP contribution in [0.15, 0.2) is 16.9 Å². The normalized spacial score (nSPS) is 15.1. The predicted molar refractivity (Wildman–Crippen MR) is 76.8 cm³/mol. The molecular weight excluding hydrogens is 306 g/mol. The van der Waals surface area contributed by atoms with E-state index >= 15 is 0 Å². The van der Waals surface area contributed by atoms with Gasteiger partial charge in [-0.25, -0.2) is 0 Å². The van der Waals surface area contributed by atoms with Crippen LogP contribution >= 0.6 is 15.9 Å². The highest BCUT2D eigenvalue weighted by Crippen LogP contribution is 2.21. The predicted octanol–water partition coefficient (Wildman–Crippen LogP) is 1.99. The first-order valence-electron chi connectivity index (χ1n) is 6.56. The van der Waals surface area contributed by atoms with Crippen molar-refractivity contribution in [2.24, 2.45) is 7.05 Å². The number of hydrogen-bond donors (Lipinski definition) is 1. The van der Waals surface area contributed by atoms with Gasteiger partial charge in [-0.1, -0.05) is 0 Å². The summed E-state index contributed by atoms with van der Waals surface area (Å²) in [6.07, 6.45) is 6.67. The third-order valence-electron chi connectivity index (χ3n) is 3.43. The van der Waals surface area contributed by atoms with Crippen molar-refractivity contribution in [3.05, 3.63) is 33.8 Å². The number of nitrogens with zero attached hydrogens (tertiary/aromatic N) is 4. The van der Waals surface area contributed by atoms with E-state index in [1.165, 1.54) is 18.4 Å². The van der Waals surface area contributed by atoms with Crippen molar-refractivity contribution in [1.29, 1.82) is 0 Å². The number of aromatic nitrogens is 4. The lowest BCUT2D eigenvalue weighted by atomic mass is 10.3. The van der Waals surface area contributed by atoms with Crippen LogP contribution in [0.4, 0.5) is 0 Å². The Bertz CT molecular complexity index is 582. The fourth-order valence-corrected chi connectivity index (χ4v) is 2.60. The molecule has 6 heteroatoms. The minimum Gasteiger partial charge on any atom is -0.310 e. The highest BCUT2D eigenvalue weighted by Gasteiger charge is 2.20. The monoisotopic (exact) mass is 323 g/mol. The van der Waals surface area contributed by atoms with Crippen molar-refractivity contribution in [3.8, 4) is 0 Å². The molecule has 5 nitrogen and oxygen atoms in total. The van der Waals surface area contributed by atoms with E-state index in [-0.39, 0.29) is 0 Å². The van der Waals surface area contributed by atoms with E-state index in [9.17, 15) is 0 Å². The lowest BCUT2D eigenvalue weighted by Gasteiger charge is -2.03. The largest absolute Gasteiger partial charge is 0.310 e. The van der Waals surface area contributed by atoms with Gasteiger partial charge in [0.1, 0.15) is 0 Å². The molecule has 0 amide bonds. The molecule has 1 aliphatic rings. The van der Waals surface area contributed by atoms with E-state index in [1.54, 1.807) is 0 Å². The van der Waals surface area contributed by atoms with Gasteiger partial charge < -0.3 is 5.32 Å². The number of hydrogen-bond acceptors (Lipinski definition) is 3. The number of halogens is 1. The quantitative estimate of drug-likeness (QED) is 0.915. The molecule has 0 aliphatic heterocycles. The zero-order valence-electron chi connectivity index (χ0n) is 11.2. The van der Waals surface area contributed by atoms with Gasteiger partial charge in [0, 0.05) is 31.4 Å². The Balaban J connectivity index is 1.68. The number of aryl methyl sites for hydroxylation is 2. The molecule has 0 saturated heterocycles. The van der Waals surface area contributed by atoms with Gasteiger partial charge in [-0.3, -0.25) is 9.36 Å². The summed E-state index contributed by atoms with van der Waals surface area (Å²) in [6, 6.07) is 0.734. The third kappa shape index (κ3) is 2.90. The summed E-state index contributed by atoms with van der Waals surface area (Å²) in [5.74, 6) is 0. The standard InChI is InChI=1S/C13H18BrN5/c1-9-13(14)12(18(2)17-9)8-19-7-10(6-16-19)5-15-11-3-4-11/h6-7,11,15H,3-5,8H2,1-2H3. The minimum absolute atomic E-state index is 0.734. The summed E-state index contributed by atoms with van der Waals surface area (Å²) in [7, 11) is 1.96. The van der Waals surface area contributed by atoms with E-state index in [0.717, 1.165) is 35.0 Å². The summed E-state index contributed by atoms with van der Waals surface area (Å²) in [5, 5.41) is 12.3. The molecule has 0 atom stereocenters. The minimum atomic E-state index is 0.734. The van der Waals surface area contributed by atoms with Crippen LogP contribution in [0.1, 0.15) is 29.8 Å². The lowest BCUT2D eigenvalue weighted by Crippen LogP contribution is -2.14. The Kier molecular flexibility index (Phi) is 3.45. The Morgan fingerprint density at radius 1 is 1.47 bits per heavy atom. The first-order chi connectivity index (χ1) is 9.13. The van der Waals surface area contributed by atoms with E-state index in [4.69, 9.17) is 0 Å². The zero-order chi connectivity index (χ0) is 13.4. The molecule has 2 aromatic rings. The smallest absolute Gasteiger partial charge is 0.0839 e. The van der Waals surface area contributed by atoms with Crippen molar-refractivity contribution >= 4 is 15.9 Å². The van der Waals surface area contributed by atoms with E-state index in [1.807, 2.05) is 29.5 Å². The van der Waals surface area contributed by atoms with Crippen LogP contribution in [-0.4, -0.2) is 25.6 Å². The molecule has 0 aromatic carbocycles. The van der Waals surface area contributed by atoms with Crippen molar-refractivity contribution in [2.45, 2.75) is 38.9 Å². The van der Waals surface area contributed by atoms with Gasteiger partial charge in [-0.05, 0) is 35.7 Å². The summed E-state index contributed by atoms with van der Waals surface area (Å²) >= 11 is 3.59. The van der Waals surface area contributed by atoms with Crippen LogP contribution in [-0.2, 0) is 20.1 Å². The fraction of sp³-hybridized carbons (Fsp3) is 0.538. The van der Waals surface area contributed by atoms with E-state index in [0.29, 0.717) is 0 Å². The summed E-state index contributed by atoms with van der Waals surface area (Å²) in [4.78, 5) is 0. The SMILES string of the molecule is Cc1nn(C)c(Cn2cc(CNC3CC3)cn2)c1Br. The molecule has 1 N–H and O–H groups in total. The average molecular weight is 324 g/mol. The third-order valence-corrected chi connectivity index (χ3v) is 4.46. The summed E-state index contributed by atoms with van der Waals surface area (Å²) < 4.78 is 4.94. The first-order valence-corrected chi connectivity index (χ1v) is 7.35. The van der Waals surface area contributed by atoms with Crippen LogP contribution in [0.2, 0.25) is 0 Å². The van der Waals surface area contributed by atoms with Crippen molar-refractivity contribution in [3.63, 3.8) is 0 Å². The summed E-state index contributed by atoms with van der Waals surface area (Å²) in [6.45, 7) is 3.65. The van der Waals surface area contributed by atoms with Gasteiger partial charge in [-0.15, -0.1) is 0 Å². The molecule has 0 radical (unpaired) electrons. The van der Waals surface area contributed by atoms with Crippen LogP contribution in [0.3, 0.4) is 0 Å². The zero-order valence-corrected chi connectivity index (χ0v) is 12.8. The van der Waals surface area contributed by atoms with Crippen LogP contribution in [0.5, 0.6) is 0 Å². The molecule has 2 aromatic heterocycles. The highest BCUT2D eigenvalue weighted by atomic mass is 79.9. The van der Waals surface area contributed by atoms with Gasteiger partial charge >= 0.3 is 0 Å². The van der Waals surface area contributed by atoms with Gasteiger partial charge in [0.05, 0.1) is 28.6 Å². The Morgan fingerprint density at radius 3 is 2.89 bits per heavy atom. The fourth-order valence-electron chi connectivity index (χ4n) is 2.14. The lowest BCUT2D eigenvalue weighted by molar-refractivity contribution is 0.616. The maximum Gasteiger partial charge on any atom is 0.0839 e. The molecule has 102 valence electrons. The topological polar surface area (TPSA) is 47.7 Å². The Hall–Kier alpha value is -1.14. The molecular formula is C13H18BrN5. The van der Waals surface area contributed by atoms with Gasteiger partial charge in [0.25, 0.3) is 0 Å². The van der Waals surface area contributed by atoms with Gasteiger partial charge in [0.2, 0.25) is 0 Å². The van der Waals surface area contributed by atoms with E-state index in [2.05, 4.69) is 37.6 Å². The molecule has 2 heterocycles. The van der Waals surface area contributed by atoms with Crippen LogP contribution in [0, 0.1) is 6.92 Å². The van der Waals surface area contributed by atoms with Gasteiger partial charge in [-0.2, -0.15) is 10.2 Å².